The molecular weight excluding hydrogens is 385 g/mol. The summed E-state index contributed by atoms with van der Waals surface area (Å²) in [7, 11) is 0. The van der Waals surface area contributed by atoms with Gasteiger partial charge >= 0.3 is 12.4 Å². The van der Waals surface area contributed by atoms with E-state index < -0.39 is 47.3 Å². The highest BCUT2D eigenvalue weighted by Gasteiger charge is 2.60. The number of carbonyl (C=O) groups excluding carboxylic acids is 1. The van der Waals surface area contributed by atoms with Crippen molar-refractivity contribution in [3.8, 4) is 0 Å². The van der Waals surface area contributed by atoms with Gasteiger partial charge in [0.15, 0.2) is 0 Å². The summed E-state index contributed by atoms with van der Waals surface area (Å²) < 4.78 is 90.7. The summed E-state index contributed by atoms with van der Waals surface area (Å²) in [5.41, 5.74) is -6.35. The van der Waals surface area contributed by atoms with E-state index in [2.05, 4.69) is 4.98 Å². The number of hydrogen-bond acceptors (Lipinski definition) is 3. The van der Waals surface area contributed by atoms with Crippen LogP contribution in [0.15, 0.2) is 42.7 Å². The number of hydrogen-bond donors (Lipinski definition) is 2. The average Bonchev–Trinajstić information content (AvgIpc) is 2.58. The van der Waals surface area contributed by atoms with E-state index in [0.717, 1.165) is 6.20 Å². The number of pyridine rings is 1. The molecule has 2 N–H and O–H groups in total. The molecule has 0 aliphatic rings. The molecule has 0 saturated carbocycles. The van der Waals surface area contributed by atoms with Crippen LogP contribution >= 0.6 is 0 Å². The first-order valence-electron chi connectivity index (χ1n) is 7.20. The summed E-state index contributed by atoms with van der Waals surface area (Å²) in [5.74, 6) is -2.82. The maximum absolute atomic E-state index is 13.3. The van der Waals surface area contributed by atoms with Crippen LogP contribution in [0, 0.1) is 5.82 Å². The van der Waals surface area contributed by atoms with E-state index in [-0.39, 0.29) is 5.56 Å². The van der Waals surface area contributed by atoms with Crippen LogP contribution in [0.3, 0.4) is 0 Å². The zero-order valence-corrected chi connectivity index (χ0v) is 13.2. The van der Waals surface area contributed by atoms with E-state index in [1.54, 1.807) is 5.32 Å². The maximum Gasteiger partial charge on any atom is 0.430 e. The minimum atomic E-state index is -5.47. The fourth-order valence-corrected chi connectivity index (χ4v) is 2.16. The van der Waals surface area contributed by atoms with E-state index in [0.29, 0.717) is 36.5 Å². The summed E-state index contributed by atoms with van der Waals surface area (Å²) in [6, 6.07) is 2.99. The lowest BCUT2D eigenvalue weighted by Crippen LogP contribution is -2.54. The van der Waals surface area contributed by atoms with Crippen molar-refractivity contribution in [2.24, 2.45) is 0 Å². The molecule has 2 aromatic rings. The highest BCUT2D eigenvalue weighted by Crippen LogP contribution is 2.39. The molecule has 1 aromatic heterocycles. The molecule has 0 saturated heterocycles. The third-order valence-electron chi connectivity index (χ3n) is 3.58. The molecule has 0 spiro atoms. The van der Waals surface area contributed by atoms with Crippen LogP contribution in [-0.2, 0) is 23.1 Å². The minimum absolute atomic E-state index is 0.234. The Morgan fingerprint density at radius 1 is 1.00 bits per heavy atom. The summed E-state index contributed by atoms with van der Waals surface area (Å²) in [5, 5.41) is 11.7. The van der Waals surface area contributed by atoms with Crippen LogP contribution in [-0.4, -0.2) is 22.2 Å². The number of amides is 1. The van der Waals surface area contributed by atoms with E-state index in [1.165, 1.54) is 0 Å². The summed E-state index contributed by atoms with van der Waals surface area (Å²) in [4.78, 5) is 15.3. The second kappa shape index (κ2) is 7.14. The molecule has 11 heteroatoms. The topological polar surface area (TPSA) is 62.2 Å². The van der Waals surface area contributed by atoms with E-state index in [9.17, 15) is 40.6 Å². The highest BCUT2D eigenvalue weighted by molar-refractivity contribution is 5.87. The first-order valence-corrected chi connectivity index (χ1v) is 7.20. The molecule has 0 aliphatic carbocycles. The second-order valence-electron chi connectivity index (χ2n) is 5.48. The SMILES string of the molecule is O=C(NCc1cncc(C(F)(F)F)c1)[C@@](O)(c1ccc(F)cc1)C(F)(F)F. The molecule has 4 nitrogen and oxygen atoms in total. The fourth-order valence-electron chi connectivity index (χ4n) is 2.16. The number of nitrogens with one attached hydrogen (secondary N) is 1. The van der Waals surface area contributed by atoms with Crippen molar-refractivity contribution in [1.82, 2.24) is 10.3 Å². The molecule has 0 aliphatic heterocycles. The van der Waals surface area contributed by atoms with Crippen LogP contribution in [0.1, 0.15) is 16.7 Å². The van der Waals surface area contributed by atoms with E-state index in [1.807, 2.05) is 0 Å². The van der Waals surface area contributed by atoms with Gasteiger partial charge in [-0.2, -0.15) is 26.3 Å². The second-order valence-corrected chi connectivity index (χ2v) is 5.48. The number of rotatable bonds is 4. The normalized spacial score (nSPS) is 14.5. The quantitative estimate of drug-likeness (QED) is 0.780. The molecule has 27 heavy (non-hydrogen) atoms. The highest BCUT2D eigenvalue weighted by atomic mass is 19.4. The number of benzene rings is 1. The Bertz CT molecular complexity index is 819. The molecule has 0 fully saturated rings. The lowest BCUT2D eigenvalue weighted by atomic mass is 9.92. The fraction of sp³-hybridized carbons (Fsp3) is 0.250. The number of nitrogens with zero attached hydrogens (tertiary/aromatic N) is 1. The molecule has 146 valence electrons. The molecule has 0 bridgehead atoms. The Kier molecular flexibility index (Phi) is 5.45. The van der Waals surface area contributed by atoms with Crippen molar-refractivity contribution in [3.05, 3.63) is 65.2 Å². The van der Waals surface area contributed by atoms with Gasteiger partial charge in [-0.25, -0.2) is 4.39 Å². The van der Waals surface area contributed by atoms with Crippen molar-refractivity contribution in [2.45, 2.75) is 24.5 Å². The first kappa shape index (κ1) is 20.6. The number of halogens is 7. The number of carbonyl (C=O) groups is 1. The number of aromatic nitrogens is 1. The Hall–Kier alpha value is -2.69. The molecule has 1 heterocycles. The van der Waals surface area contributed by atoms with Crippen LogP contribution < -0.4 is 5.32 Å². The zero-order chi connectivity index (χ0) is 20.5. The van der Waals surface area contributed by atoms with Gasteiger partial charge in [0, 0.05) is 24.5 Å². The van der Waals surface area contributed by atoms with Crippen LogP contribution in [0.4, 0.5) is 30.7 Å². The maximum atomic E-state index is 13.3. The number of alkyl halides is 6. The van der Waals surface area contributed by atoms with Crippen molar-refractivity contribution < 1.29 is 40.6 Å². The lowest BCUT2D eigenvalue weighted by Gasteiger charge is -2.29. The Labute approximate surface area is 147 Å². The predicted molar refractivity (Wildman–Crippen MR) is 77.4 cm³/mol. The van der Waals surface area contributed by atoms with Crippen LogP contribution in [0.25, 0.3) is 0 Å². The van der Waals surface area contributed by atoms with Gasteiger partial charge < -0.3 is 10.4 Å². The van der Waals surface area contributed by atoms with Crippen LogP contribution in [0.2, 0.25) is 0 Å². The van der Waals surface area contributed by atoms with Gasteiger partial charge in [-0.3, -0.25) is 9.78 Å². The smallest absolute Gasteiger partial charge is 0.369 e. The Balaban J connectivity index is 2.27. The Morgan fingerprint density at radius 2 is 1.59 bits per heavy atom. The van der Waals surface area contributed by atoms with Crippen molar-refractivity contribution >= 4 is 5.91 Å². The van der Waals surface area contributed by atoms with Crippen molar-refractivity contribution in [3.63, 3.8) is 0 Å². The van der Waals surface area contributed by atoms with E-state index >= 15 is 0 Å². The average molecular weight is 396 g/mol. The minimum Gasteiger partial charge on any atom is -0.369 e. The van der Waals surface area contributed by atoms with Gasteiger partial charge in [0.05, 0.1) is 5.56 Å². The Morgan fingerprint density at radius 3 is 2.11 bits per heavy atom. The number of aliphatic hydroxyl groups is 1. The standard InChI is InChI=1S/C16H11F7N2O2/c17-12-3-1-10(2-4-12)14(27,16(21,22)23)13(26)25-7-9-5-11(8-24-6-9)15(18,19)20/h1-6,8,27H,7H2,(H,25,26)/t14-/m0/s1. The van der Waals surface area contributed by atoms with Gasteiger partial charge in [-0.1, -0.05) is 12.1 Å². The largest absolute Gasteiger partial charge is 0.430 e. The third-order valence-corrected chi connectivity index (χ3v) is 3.58. The molecule has 1 aromatic carbocycles. The molecule has 0 radical (unpaired) electrons. The van der Waals surface area contributed by atoms with Gasteiger partial charge in [-0.05, 0) is 23.8 Å². The third kappa shape index (κ3) is 4.35. The van der Waals surface area contributed by atoms with Gasteiger partial charge in [0.1, 0.15) is 5.82 Å². The predicted octanol–water partition coefficient (Wildman–Crippen LogP) is 3.31. The molecular formula is C16H11F7N2O2. The van der Waals surface area contributed by atoms with Gasteiger partial charge in [0.2, 0.25) is 0 Å². The van der Waals surface area contributed by atoms with Crippen molar-refractivity contribution in [2.75, 3.05) is 0 Å². The molecule has 1 atom stereocenters. The summed E-state index contributed by atoms with van der Waals surface area (Å²) >= 11 is 0. The van der Waals surface area contributed by atoms with Crippen molar-refractivity contribution in [1.29, 1.82) is 0 Å². The molecule has 1 amide bonds. The monoisotopic (exact) mass is 396 g/mol. The van der Waals surface area contributed by atoms with Crippen LogP contribution in [0.5, 0.6) is 0 Å². The molecule has 2 rings (SSSR count). The summed E-state index contributed by atoms with van der Waals surface area (Å²) in [6.07, 6.45) is -8.77. The van der Waals surface area contributed by atoms with Gasteiger partial charge in [0.25, 0.3) is 11.5 Å². The summed E-state index contributed by atoms with van der Waals surface area (Å²) in [6.45, 7) is -0.755. The molecule has 0 unspecified atom stereocenters. The first-order chi connectivity index (χ1) is 12.4. The van der Waals surface area contributed by atoms with Gasteiger partial charge in [-0.15, -0.1) is 0 Å². The lowest BCUT2D eigenvalue weighted by molar-refractivity contribution is -0.257. The van der Waals surface area contributed by atoms with E-state index in [4.69, 9.17) is 0 Å². The zero-order valence-electron chi connectivity index (χ0n) is 13.2.